The van der Waals surface area contributed by atoms with Gasteiger partial charge in [-0.1, -0.05) is 30.3 Å². The molecule has 2 aromatic heterocycles. The molecule has 0 bridgehead atoms. The number of benzene rings is 3. The molecule has 1 saturated carbocycles. The van der Waals surface area contributed by atoms with Crippen molar-refractivity contribution in [3.63, 3.8) is 0 Å². The molecule has 3 aromatic carbocycles. The fourth-order valence-corrected chi connectivity index (χ4v) is 8.96. The number of nitrogens with zero attached hydrogens (tertiary/aromatic N) is 6. The Kier molecular flexibility index (Phi) is 8.73. The summed E-state index contributed by atoms with van der Waals surface area (Å²) < 4.78 is 6.30. The van der Waals surface area contributed by atoms with Gasteiger partial charge in [0.15, 0.2) is 5.58 Å². The number of aromatic nitrogens is 2. The van der Waals surface area contributed by atoms with Crippen molar-refractivity contribution in [1.29, 1.82) is 5.26 Å². The molecule has 2 fully saturated rings. The van der Waals surface area contributed by atoms with Gasteiger partial charge in [0.2, 0.25) is 11.8 Å². The van der Waals surface area contributed by atoms with E-state index in [0.717, 1.165) is 67.0 Å². The SMILES string of the molecule is Cc1c(-c2nc3cc(CN4CCC(C)(C(=O)O)C4)cc(C#N)c3o2)cccc1-c1cccc(-c2nc3c(s2)CN(C(=O)CN(C)CC2CC2)C3)c1C. The van der Waals surface area contributed by atoms with Gasteiger partial charge in [0, 0.05) is 35.6 Å². The van der Waals surface area contributed by atoms with Gasteiger partial charge < -0.3 is 14.4 Å². The third kappa shape index (κ3) is 6.40. The summed E-state index contributed by atoms with van der Waals surface area (Å²) in [6.45, 7) is 10.3. The highest BCUT2D eigenvalue weighted by Gasteiger charge is 2.40. The molecule has 1 unspecified atom stereocenters. The maximum Gasteiger partial charge on any atom is 0.310 e. The first-order valence-electron chi connectivity index (χ1n) is 17.9. The number of aliphatic carboxylic acids is 1. The largest absolute Gasteiger partial charge is 0.481 e. The van der Waals surface area contributed by atoms with E-state index in [1.165, 1.54) is 12.8 Å². The van der Waals surface area contributed by atoms with Crippen molar-refractivity contribution in [2.24, 2.45) is 11.3 Å². The van der Waals surface area contributed by atoms with E-state index in [1.54, 1.807) is 18.3 Å². The molecule has 0 radical (unpaired) electrons. The molecular weight excluding hydrogens is 673 g/mol. The summed E-state index contributed by atoms with van der Waals surface area (Å²) >= 11 is 1.68. The zero-order valence-electron chi connectivity index (χ0n) is 30.0. The first-order chi connectivity index (χ1) is 25.0. The molecule has 4 heterocycles. The van der Waals surface area contributed by atoms with E-state index >= 15 is 0 Å². The van der Waals surface area contributed by atoms with Gasteiger partial charge in [-0.15, -0.1) is 11.3 Å². The molecule has 2 aliphatic heterocycles. The Hall–Kier alpha value is -4.89. The summed E-state index contributed by atoms with van der Waals surface area (Å²) in [5.74, 6) is 0.594. The monoisotopic (exact) mass is 714 g/mol. The second kappa shape index (κ2) is 13.3. The Balaban J connectivity index is 1.03. The molecule has 1 atom stereocenters. The Labute approximate surface area is 307 Å². The van der Waals surface area contributed by atoms with Crippen molar-refractivity contribution in [2.45, 2.75) is 59.7 Å². The van der Waals surface area contributed by atoms with E-state index in [2.05, 4.69) is 54.0 Å². The molecule has 1 N–H and O–H groups in total. The highest BCUT2D eigenvalue weighted by Crippen LogP contribution is 2.41. The summed E-state index contributed by atoms with van der Waals surface area (Å²) in [4.78, 5) is 42.1. The Morgan fingerprint density at radius 2 is 1.77 bits per heavy atom. The average Bonchev–Trinajstić information content (AvgIpc) is 3.41. The number of carbonyl (C=O) groups is 2. The lowest BCUT2D eigenvalue weighted by molar-refractivity contribution is -0.147. The third-order valence-corrected chi connectivity index (χ3v) is 12.2. The first-order valence-corrected chi connectivity index (χ1v) is 18.8. The summed E-state index contributed by atoms with van der Waals surface area (Å²) in [6.07, 6.45) is 3.15. The molecule has 10 nitrogen and oxygen atoms in total. The minimum atomic E-state index is -0.779. The number of hydrogen-bond acceptors (Lipinski definition) is 9. The van der Waals surface area contributed by atoms with Crippen LogP contribution < -0.4 is 0 Å². The van der Waals surface area contributed by atoms with E-state index < -0.39 is 11.4 Å². The van der Waals surface area contributed by atoms with Crippen LogP contribution >= 0.6 is 11.3 Å². The van der Waals surface area contributed by atoms with Crippen molar-refractivity contribution >= 4 is 34.3 Å². The molecule has 0 spiro atoms. The first kappa shape index (κ1) is 34.2. The Bertz CT molecular complexity index is 2260. The van der Waals surface area contributed by atoms with Crippen LogP contribution in [0.1, 0.15) is 59.0 Å². The van der Waals surface area contributed by atoms with Gasteiger partial charge in [0.25, 0.3) is 0 Å². The van der Waals surface area contributed by atoms with Crippen LogP contribution in [0.3, 0.4) is 0 Å². The lowest BCUT2D eigenvalue weighted by Crippen LogP contribution is -2.36. The molecule has 266 valence electrons. The minimum Gasteiger partial charge on any atom is -0.481 e. The van der Waals surface area contributed by atoms with Crippen LogP contribution in [0.5, 0.6) is 0 Å². The molecule has 1 saturated heterocycles. The normalized spacial score (nSPS) is 18.7. The fourth-order valence-electron chi connectivity index (χ4n) is 7.79. The molecule has 1 aliphatic carbocycles. The zero-order chi connectivity index (χ0) is 36.3. The molecule has 5 aromatic rings. The van der Waals surface area contributed by atoms with Crippen molar-refractivity contribution < 1.29 is 19.1 Å². The van der Waals surface area contributed by atoms with Gasteiger partial charge in [0.1, 0.15) is 16.6 Å². The number of likely N-dealkylation sites (tertiary alicyclic amines) is 1. The van der Waals surface area contributed by atoms with Crippen LogP contribution in [0.4, 0.5) is 0 Å². The van der Waals surface area contributed by atoms with E-state index in [0.29, 0.717) is 68.2 Å². The number of carbonyl (C=O) groups excluding carboxylic acids is 1. The van der Waals surface area contributed by atoms with E-state index in [4.69, 9.17) is 14.4 Å². The molecular formula is C41H42N6O4S. The summed E-state index contributed by atoms with van der Waals surface area (Å²) in [6, 6.07) is 18.5. The third-order valence-electron chi connectivity index (χ3n) is 11.0. The van der Waals surface area contributed by atoms with Crippen LogP contribution in [-0.4, -0.2) is 74.9 Å². The molecule has 1 amide bonds. The number of amides is 1. The lowest BCUT2D eigenvalue weighted by Gasteiger charge is -2.21. The number of fused-ring (bicyclic) bond motifs is 2. The number of nitriles is 1. The molecule has 52 heavy (non-hydrogen) atoms. The number of likely N-dealkylation sites (N-methyl/N-ethyl adjacent to an activating group) is 1. The highest BCUT2D eigenvalue weighted by molar-refractivity contribution is 7.15. The lowest BCUT2D eigenvalue weighted by atomic mass is 9.90. The quantitative estimate of drug-likeness (QED) is 0.159. The van der Waals surface area contributed by atoms with E-state index in [9.17, 15) is 20.0 Å². The van der Waals surface area contributed by atoms with Gasteiger partial charge in [-0.25, -0.2) is 9.97 Å². The molecule has 3 aliphatic rings. The minimum absolute atomic E-state index is 0.166. The second-order valence-corrected chi connectivity index (χ2v) is 16.3. The van der Waals surface area contributed by atoms with Gasteiger partial charge in [-0.05, 0) is 106 Å². The van der Waals surface area contributed by atoms with Gasteiger partial charge in [0.05, 0.1) is 36.3 Å². The Morgan fingerprint density at radius 3 is 2.44 bits per heavy atom. The summed E-state index contributed by atoms with van der Waals surface area (Å²) in [5, 5.41) is 20.7. The average molecular weight is 715 g/mol. The topological polar surface area (TPSA) is 127 Å². The van der Waals surface area contributed by atoms with Gasteiger partial charge in [-0.2, -0.15) is 5.26 Å². The van der Waals surface area contributed by atoms with Crippen molar-refractivity contribution in [1.82, 2.24) is 24.7 Å². The van der Waals surface area contributed by atoms with Crippen LogP contribution in [0.15, 0.2) is 52.9 Å². The number of thiazole rings is 1. The molecule has 11 heteroatoms. The number of carboxylic acids is 1. The number of carboxylic acid groups (broad SMARTS) is 1. The molecule has 8 rings (SSSR count). The summed E-state index contributed by atoms with van der Waals surface area (Å²) in [7, 11) is 2.04. The smallest absolute Gasteiger partial charge is 0.310 e. The maximum atomic E-state index is 13.0. The van der Waals surface area contributed by atoms with Crippen LogP contribution in [0, 0.1) is 36.5 Å². The predicted molar refractivity (Wildman–Crippen MR) is 200 cm³/mol. The predicted octanol–water partition coefficient (Wildman–Crippen LogP) is 7.25. The fraction of sp³-hybridized carbons (Fsp3) is 0.390. The number of oxazole rings is 1. The highest BCUT2D eigenvalue weighted by atomic mass is 32.1. The summed E-state index contributed by atoms with van der Waals surface area (Å²) in [5.41, 5.74) is 8.83. The number of rotatable bonds is 10. The standard InChI is InChI=1S/C41H42N6O4S/c1-24-29(30-8-6-10-32(25(30)2)39-44-34-20-47(21-35(34)52-39)36(48)22-45(4)18-26-11-12-26)7-5-9-31(24)38-43-33-16-27(15-28(17-42)37(33)51-38)19-46-14-13-41(3,23-46)40(49)50/h5-10,15-16,26H,11-14,18-23H2,1-4H3,(H,49,50). The van der Waals surface area contributed by atoms with E-state index in [1.807, 2.05) is 36.2 Å². The van der Waals surface area contributed by atoms with Crippen LogP contribution in [0.25, 0.3) is 44.3 Å². The Morgan fingerprint density at radius 1 is 1.06 bits per heavy atom. The van der Waals surface area contributed by atoms with Crippen molar-refractivity contribution in [3.05, 3.63) is 81.4 Å². The number of hydrogen-bond donors (Lipinski definition) is 1. The second-order valence-electron chi connectivity index (χ2n) is 15.2. The maximum absolute atomic E-state index is 13.0. The van der Waals surface area contributed by atoms with Crippen molar-refractivity contribution in [2.75, 3.05) is 33.2 Å². The van der Waals surface area contributed by atoms with Crippen molar-refractivity contribution in [3.8, 4) is 39.2 Å². The van der Waals surface area contributed by atoms with Gasteiger partial charge >= 0.3 is 5.97 Å². The van der Waals surface area contributed by atoms with E-state index in [-0.39, 0.29) is 5.91 Å². The van der Waals surface area contributed by atoms with Crippen LogP contribution in [-0.2, 0) is 29.2 Å². The zero-order valence-corrected chi connectivity index (χ0v) is 30.8. The van der Waals surface area contributed by atoms with Crippen LogP contribution in [0.2, 0.25) is 0 Å². The van der Waals surface area contributed by atoms with Gasteiger partial charge in [-0.3, -0.25) is 19.4 Å².